The van der Waals surface area contributed by atoms with Crippen molar-refractivity contribution in [3.8, 4) is 11.3 Å². The van der Waals surface area contributed by atoms with Gasteiger partial charge in [0, 0.05) is 38.1 Å². The minimum atomic E-state index is -3.54. The van der Waals surface area contributed by atoms with Crippen molar-refractivity contribution >= 4 is 49.6 Å². The Kier molecular flexibility index (Phi) is 9.41. The lowest BCUT2D eigenvalue weighted by Crippen LogP contribution is -2.40. The molecule has 0 radical (unpaired) electrons. The molecule has 0 bridgehead atoms. The molecule has 0 spiro atoms. The monoisotopic (exact) mass is 566 g/mol. The summed E-state index contributed by atoms with van der Waals surface area (Å²) < 4.78 is 32.3. The molecule has 4 aromatic rings. The number of amides is 2. The molecule has 2 heterocycles. The van der Waals surface area contributed by atoms with Gasteiger partial charge >= 0.3 is 0 Å². The lowest BCUT2D eigenvalue weighted by Gasteiger charge is -2.26. The molecule has 204 valence electrons. The van der Waals surface area contributed by atoms with E-state index in [1.54, 1.807) is 38.4 Å². The van der Waals surface area contributed by atoms with Gasteiger partial charge in [-0.2, -0.15) is 4.31 Å². The van der Waals surface area contributed by atoms with Crippen molar-refractivity contribution in [2.45, 2.75) is 11.3 Å². The molecule has 11 heteroatoms. The molecule has 2 amide bonds. The van der Waals surface area contributed by atoms with Crippen LogP contribution in [0.3, 0.4) is 0 Å². The number of carbonyl (C=O) groups is 2. The highest BCUT2D eigenvalue weighted by Gasteiger charge is 2.26. The van der Waals surface area contributed by atoms with Crippen LogP contribution in [0.5, 0.6) is 0 Å². The van der Waals surface area contributed by atoms with Crippen LogP contribution in [0.1, 0.15) is 5.56 Å². The molecule has 5 rings (SSSR count). The molecular formula is C28H30N4O5S2. The van der Waals surface area contributed by atoms with Gasteiger partial charge in [-0.1, -0.05) is 54.6 Å². The lowest BCUT2D eigenvalue weighted by molar-refractivity contribution is -0.116. The molecule has 9 nitrogen and oxygen atoms in total. The zero-order valence-electron chi connectivity index (χ0n) is 21.7. The van der Waals surface area contributed by atoms with Crippen molar-refractivity contribution in [1.29, 1.82) is 0 Å². The van der Waals surface area contributed by atoms with E-state index in [0.717, 1.165) is 28.3 Å². The van der Waals surface area contributed by atoms with Gasteiger partial charge in [-0.05, 0) is 28.5 Å². The second-order valence-corrected chi connectivity index (χ2v) is 11.8. The zero-order valence-corrected chi connectivity index (χ0v) is 23.4. The molecule has 1 saturated heterocycles. The highest BCUT2D eigenvalue weighted by Crippen LogP contribution is 2.27. The number of ether oxygens (including phenoxy) is 1. The first-order valence-electron chi connectivity index (χ1n) is 12.3. The van der Waals surface area contributed by atoms with Gasteiger partial charge in [-0.25, -0.2) is 13.4 Å². The highest BCUT2D eigenvalue weighted by atomic mass is 32.2. The Labute approximate surface area is 232 Å². The number of fused-ring (bicyclic) bond motifs is 1. The molecule has 0 aliphatic carbocycles. The van der Waals surface area contributed by atoms with Crippen molar-refractivity contribution < 1.29 is 22.7 Å². The molecule has 1 aliphatic rings. The van der Waals surface area contributed by atoms with Gasteiger partial charge in [0.1, 0.15) is 0 Å². The smallest absolute Gasteiger partial charge is 0.243 e. The third kappa shape index (κ3) is 7.27. The number of hydrogen-bond acceptors (Lipinski definition) is 7. The first-order chi connectivity index (χ1) is 18.8. The summed E-state index contributed by atoms with van der Waals surface area (Å²) in [6.07, 6.45) is 1.00. The van der Waals surface area contributed by atoms with Crippen LogP contribution in [0.4, 0.5) is 5.13 Å². The molecule has 1 fully saturated rings. The number of anilines is 1. The van der Waals surface area contributed by atoms with Gasteiger partial charge in [0.15, 0.2) is 5.13 Å². The SMILES string of the molecule is CN(C)C=O.O=C(Cc1cccc2ccccc12)Nc1nc(-c2ccc(S(=O)(=O)N3CCOCC3)cc2)cs1. The van der Waals surface area contributed by atoms with E-state index in [2.05, 4.69) is 10.3 Å². The maximum Gasteiger partial charge on any atom is 0.243 e. The standard InChI is InChI=1S/C25H23N3O4S2.C3H7NO/c29-24(16-20-6-3-5-18-4-1-2-7-22(18)20)27-25-26-23(17-33-25)19-8-10-21(11-9-19)34(30,31)28-12-14-32-15-13-28;1-4(2)3-5/h1-11,17H,12-16H2,(H,26,27,29);3H,1-2H3. The number of rotatable bonds is 7. The number of hydrogen-bond donors (Lipinski definition) is 1. The Hall–Kier alpha value is -3.64. The molecular weight excluding hydrogens is 536 g/mol. The van der Waals surface area contributed by atoms with Crippen LogP contribution in [0.2, 0.25) is 0 Å². The average molecular weight is 567 g/mol. The minimum absolute atomic E-state index is 0.135. The Morgan fingerprint density at radius 1 is 1.05 bits per heavy atom. The fraction of sp³-hybridized carbons (Fsp3) is 0.250. The lowest BCUT2D eigenvalue weighted by atomic mass is 10.0. The summed E-state index contributed by atoms with van der Waals surface area (Å²) in [5.74, 6) is -0.135. The van der Waals surface area contributed by atoms with Crippen molar-refractivity contribution in [2.75, 3.05) is 45.7 Å². The van der Waals surface area contributed by atoms with Gasteiger partial charge < -0.3 is 15.0 Å². The third-order valence-electron chi connectivity index (χ3n) is 5.95. The van der Waals surface area contributed by atoms with E-state index in [-0.39, 0.29) is 17.2 Å². The minimum Gasteiger partial charge on any atom is -0.379 e. The van der Waals surface area contributed by atoms with E-state index in [9.17, 15) is 18.0 Å². The van der Waals surface area contributed by atoms with E-state index < -0.39 is 10.0 Å². The normalized spacial score (nSPS) is 13.8. The Morgan fingerprint density at radius 3 is 2.41 bits per heavy atom. The number of thiazole rings is 1. The van der Waals surface area contributed by atoms with Gasteiger partial charge in [-0.15, -0.1) is 11.3 Å². The molecule has 0 unspecified atom stereocenters. The fourth-order valence-corrected chi connectivity index (χ4v) is 6.12. The number of nitrogens with zero attached hydrogens (tertiary/aromatic N) is 3. The highest BCUT2D eigenvalue weighted by molar-refractivity contribution is 7.89. The first kappa shape index (κ1) is 28.4. The Balaban J connectivity index is 0.000000648. The number of benzene rings is 3. The van der Waals surface area contributed by atoms with Gasteiger partial charge in [0.25, 0.3) is 0 Å². The predicted molar refractivity (Wildman–Crippen MR) is 153 cm³/mol. The third-order valence-corrected chi connectivity index (χ3v) is 8.62. The van der Waals surface area contributed by atoms with Crippen LogP contribution in [-0.4, -0.2) is 75.3 Å². The van der Waals surface area contributed by atoms with Crippen LogP contribution in [0, 0.1) is 0 Å². The summed E-state index contributed by atoms with van der Waals surface area (Å²) in [5.41, 5.74) is 2.43. The molecule has 39 heavy (non-hydrogen) atoms. The molecule has 1 aromatic heterocycles. The second-order valence-electron chi connectivity index (χ2n) is 9.01. The van der Waals surface area contributed by atoms with E-state index in [4.69, 9.17) is 4.74 Å². The van der Waals surface area contributed by atoms with Crippen LogP contribution < -0.4 is 5.32 Å². The van der Waals surface area contributed by atoms with Crippen LogP contribution in [-0.2, 0) is 30.8 Å². The van der Waals surface area contributed by atoms with Crippen molar-refractivity contribution in [3.63, 3.8) is 0 Å². The van der Waals surface area contributed by atoms with Crippen LogP contribution >= 0.6 is 11.3 Å². The molecule has 3 aromatic carbocycles. The summed E-state index contributed by atoms with van der Waals surface area (Å²) in [5, 5.41) is 7.39. The summed E-state index contributed by atoms with van der Waals surface area (Å²) in [6, 6.07) is 20.6. The summed E-state index contributed by atoms with van der Waals surface area (Å²) >= 11 is 1.34. The number of sulfonamides is 1. The number of carbonyl (C=O) groups excluding carboxylic acids is 2. The number of morpholine rings is 1. The molecule has 1 N–H and O–H groups in total. The Bertz CT molecular complexity index is 1520. The predicted octanol–water partition coefficient (Wildman–Crippen LogP) is 3.87. The van der Waals surface area contributed by atoms with E-state index in [1.165, 1.54) is 20.5 Å². The van der Waals surface area contributed by atoms with Gasteiger partial charge in [0.2, 0.25) is 22.3 Å². The van der Waals surface area contributed by atoms with Gasteiger partial charge in [-0.3, -0.25) is 9.59 Å². The van der Waals surface area contributed by atoms with Crippen molar-refractivity contribution in [2.24, 2.45) is 0 Å². The maximum absolute atomic E-state index is 12.8. The number of aromatic nitrogens is 1. The molecule has 0 atom stereocenters. The zero-order chi connectivity index (χ0) is 27.8. The molecule has 0 saturated carbocycles. The first-order valence-corrected chi connectivity index (χ1v) is 14.6. The van der Waals surface area contributed by atoms with E-state index in [1.807, 2.05) is 47.8 Å². The summed E-state index contributed by atoms with van der Waals surface area (Å²) in [7, 11) is -0.164. The molecule has 1 aliphatic heterocycles. The van der Waals surface area contributed by atoms with Gasteiger partial charge in [0.05, 0.1) is 30.2 Å². The Morgan fingerprint density at radius 2 is 1.72 bits per heavy atom. The quantitative estimate of drug-likeness (QED) is 0.340. The maximum atomic E-state index is 12.8. The largest absolute Gasteiger partial charge is 0.379 e. The van der Waals surface area contributed by atoms with E-state index in [0.29, 0.717) is 37.1 Å². The fourth-order valence-electron chi connectivity index (χ4n) is 3.98. The van der Waals surface area contributed by atoms with E-state index >= 15 is 0 Å². The summed E-state index contributed by atoms with van der Waals surface area (Å²) in [6.45, 7) is 1.53. The van der Waals surface area contributed by atoms with Crippen molar-refractivity contribution in [3.05, 3.63) is 77.7 Å². The van der Waals surface area contributed by atoms with Crippen molar-refractivity contribution in [1.82, 2.24) is 14.2 Å². The number of nitrogens with one attached hydrogen (secondary N) is 1. The second kappa shape index (κ2) is 12.9. The topological polar surface area (TPSA) is 109 Å². The van der Waals surface area contributed by atoms with Crippen LogP contribution in [0.15, 0.2) is 77.0 Å². The average Bonchev–Trinajstić information content (AvgIpc) is 3.42. The van der Waals surface area contributed by atoms with Crippen LogP contribution in [0.25, 0.3) is 22.0 Å². The summed E-state index contributed by atoms with van der Waals surface area (Å²) in [4.78, 5) is 28.3.